The van der Waals surface area contributed by atoms with Crippen molar-refractivity contribution in [3.63, 3.8) is 0 Å². The summed E-state index contributed by atoms with van der Waals surface area (Å²) < 4.78 is 1.91. The molecule has 2 aromatic rings. The maximum atomic E-state index is 12.3. The largest absolute Gasteiger partial charge is 0.335 e. The maximum Gasteiger partial charge on any atom is 0.320 e. The predicted octanol–water partition coefficient (Wildman–Crippen LogP) is 2.77. The molecule has 2 aliphatic rings. The Morgan fingerprint density at radius 1 is 1.04 bits per heavy atom. The van der Waals surface area contributed by atoms with E-state index in [-0.39, 0.29) is 12.1 Å². The summed E-state index contributed by atoms with van der Waals surface area (Å²) in [6, 6.07) is 0.0753. The molecule has 0 atom stereocenters. The third-order valence-corrected chi connectivity index (χ3v) is 5.68. The number of aromatic nitrogens is 4. The normalized spacial score (nSPS) is 19.3. The zero-order valence-corrected chi connectivity index (χ0v) is 15.9. The number of nitrogens with one attached hydrogen (secondary N) is 2. The van der Waals surface area contributed by atoms with Gasteiger partial charge in [0.2, 0.25) is 0 Å². The van der Waals surface area contributed by atoms with Crippen molar-refractivity contribution < 1.29 is 4.79 Å². The second-order valence-electron chi connectivity index (χ2n) is 7.66. The van der Waals surface area contributed by atoms with Crippen molar-refractivity contribution in [1.29, 1.82) is 0 Å². The lowest BCUT2D eigenvalue weighted by molar-refractivity contribution is 0.219. The minimum atomic E-state index is -0.192. The highest BCUT2D eigenvalue weighted by Gasteiger charge is 2.18. The van der Waals surface area contributed by atoms with E-state index < -0.39 is 0 Å². The smallest absolute Gasteiger partial charge is 0.320 e. The molecule has 1 saturated carbocycles. The molecule has 0 unspecified atom stereocenters. The maximum absolute atomic E-state index is 12.3. The minimum absolute atomic E-state index is 0.192. The van der Waals surface area contributed by atoms with Crippen molar-refractivity contribution >= 4 is 22.9 Å². The Morgan fingerprint density at radius 3 is 2.63 bits per heavy atom. The van der Waals surface area contributed by atoms with Gasteiger partial charge in [0.1, 0.15) is 12.1 Å². The molecule has 1 aliphatic carbocycles. The van der Waals surface area contributed by atoms with Gasteiger partial charge in [-0.2, -0.15) is 5.10 Å². The van der Waals surface area contributed by atoms with Crippen molar-refractivity contribution in [2.75, 3.05) is 25.0 Å². The molecule has 1 saturated heterocycles. The van der Waals surface area contributed by atoms with Crippen LogP contribution in [0.5, 0.6) is 0 Å². The van der Waals surface area contributed by atoms with Gasteiger partial charge in [0.15, 0.2) is 5.65 Å². The van der Waals surface area contributed by atoms with Crippen molar-refractivity contribution in [3.8, 4) is 0 Å². The average molecular weight is 371 g/mol. The van der Waals surface area contributed by atoms with E-state index in [2.05, 4.69) is 30.6 Å². The summed E-state index contributed by atoms with van der Waals surface area (Å²) in [5.74, 6) is 0.525. The Balaban J connectivity index is 1.39. The number of urea groups is 1. The molecule has 27 heavy (non-hydrogen) atoms. The summed E-state index contributed by atoms with van der Waals surface area (Å²) in [6.45, 7) is 4.12. The van der Waals surface area contributed by atoms with E-state index >= 15 is 0 Å². The van der Waals surface area contributed by atoms with Gasteiger partial charge in [-0.15, -0.1) is 0 Å². The fourth-order valence-electron chi connectivity index (χ4n) is 4.15. The number of piperidine rings is 1. The first-order valence-corrected chi connectivity index (χ1v) is 10.3. The number of carbonyl (C=O) groups excluding carboxylic acids is 1. The first kappa shape index (κ1) is 18.2. The van der Waals surface area contributed by atoms with Gasteiger partial charge in [0, 0.05) is 12.6 Å². The van der Waals surface area contributed by atoms with Crippen molar-refractivity contribution in [3.05, 3.63) is 12.5 Å². The zero-order chi connectivity index (χ0) is 18.5. The van der Waals surface area contributed by atoms with E-state index in [1.807, 2.05) is 4.68 Å². The van der Waals surface area contributed by atoms with Gasteiger partial charge >= 0.3 is 6.03 Å². The van der Waals surface area contributed by atoms with Crippen LogP contribution in [-0.4, -0.2) is 56.4 Å². The molecule has 2 amide bonds. The summed E-state index contributed by atoms with van der Waals surface area (Å²) in [7, 11) is 0. The van der Waals surface area contributed by atoms with Gasteiger partial charge < -0.3 is 10.2 Å². The van der Waals surface area contributed by atoms with Crippen LogP contribution in [0.15, 0.2) is 12.5 Å². The third kappa shape index (κ3) is 4.55. The van der Waals surface area contributed by atoms with E-state index in [9.17, 15) is 4.79 Å². The van der Waals surface area contributed by atoms with Gasteiger partial charge in [0.05, 0.1) is 18.1 Å². The fraction of sp³-hybridized carbons (Fsp3) is 0.684. The van der Waals surface area contributed by atoms with Crippen LogP contribution >= 0.6 is 0 Å². The number of hydrogen-bond donors (Lipinski definition) is 2. The topological polar surface area (TPSA) is 88.0 Å². The highest BCUT2D eigenvalue weighted by atomic mass is 16.2. The fourth-order valence-corrected chi connectivity index (χ4v) is 4.15. The Morgan fingerprint density at radius 2 is 1.81 bits per heavy atom. The molecule has 2 N–H and O–H groups in total. The highest BCUT2D eigenvalue weighted by Crippen LogP contribution is 2.20. The molecule has 1 aliphatic heterocycles. The van der Waals surface area contributed by atoms with Crippen LogP contribution in [0.2, 0.25) is 0 Å². The van der Waals surface area contributed by atoms with Crippen LogP contribution < -0.4 is 10.6 Å². The van der Waals surface area contributed by atoms with E-state index in [0.29, 0.717) is 5.82 Å². The van der Waals surface area contributed by atoms with Gasteiger partial charge in [-0.05, 0) is 38.8 Å². The predicted molar refractivity (Wildman–Crippen MR) is 105 cm³/mol. The quantitative estimate of drug-likeness (QED) is 0.844. The molecular formula is C19H29N7O. The Labute approximate surface area is 159 Å². The number of nitrogens with zero attached hydrogens (tertiary/aromatic N) is 5. The van der Waals surface area contributed by atoms with Crippen LogP contribution in [0.1, 0.15) is 51.4 Å². The molecule has 8 heteroatoms. The van der Waals surface area contributed by atoms with Crippen LogP contribution in [0, 0.1) is 0 Å². The molecule has 0 spiro atoms. The van der Waals surface area contributed by atoms with Crippen molar-refractivity contribution in [2.45, 2.75) is 64.0 Å². The molecule has 8 nitrogen and oxygen atoms in total. The molecule has 2 fully saturated rings. The number of fused-ring (bicyclic) bond motifs is 1. The van der Waals surface area contributed by atoms with Crippen LogP contribution in [0.4, 0.5) is 10.6 Å². The number of amides is 2. The standard InChI is InChI=1S/C19H29N7O/c27-19(23-15-7-3-1-4-8-15)24-17-16-13-22-26(18(16)21-14-20-17)12-11-25-9-5-2-6-10-25/h13-15H,1-12H2,(H2,20,21,23,24,27). The van der Waals surface area contributed by atoms with Gasteiger partial charge in [0.25, 0.3) is 0 Å². The first-order chi connectivity index (χ1) is 13.3. The Hall–Kier alpha value is -2.22. The first-order valence-electron chi connectivity index (χ1n) is 10.3. The third-order valence-electron chi connectivity index (χ3n) is 5.68. The van der Waals surface area contributed by atoms with Crippen molar-refractivity contribution in [1.82, 2.24) is 30.0 Å². The summed E-state index contributed by atoms with van der Waals surface area (Å²) in [5.41, 5.74) is 0.773. The number of likely N-dealkylation sites (tertiary alicyclic amines) is 1. The Kier molecular flexibility index (Phi) is 5.81. The molecule has 0 aromatic carbocycles. The summed E-state index contributed by atoms with van der Waals surface area (Å²) in [5, 5.41) is 11.2. The zero-order valence-electron chi connectivity index (χ0n) is 15.9. The number of rotatable bonds is 5. The molecule has 146 valence electrons. The molecular weight excluding hydrogens is 342 g/mol. The van der Waals surface area contributed by atoms with Gasteiger partial charge in [-0.25, -0.2) is 19.4 Å². The minimum Gasteiger partial charge on any atom is -0.335 e. The number of anilines is 1. The van der Waals surface area contributed by atoms with E-state index in [4.69, 9.17) is 0 Å². The summed E-state index contributed by atoms with van der Waals surface area (Å²) in [4.78, 5) is 23.5. The van der Waals surface area contributed by atoms with Gasteiger partial charge in [-0.3, -0.25) is 5.32 Å². The van der Waals surface area contributed by atoms with Crippen LogP contribution in [0.3, 0.4) is 0 Å². The SMILES string of the molecule is O=C(Nc1ncnc2c1cnn2CCN1CCCCC1)NC1CCCCC1. The summed E-state index contributed by atoms with van der Waals surface area (Å²) in [6.07, 6.45) is 12.9. The monoisotopic (exact) mass is 371 g/mol. The van der Waals surface area contributed by atoms with E-state index in [1.165, 1.54) is 57.9 Å². The number of carbonyl (C=O) groups is 1. The summed E-state index contributed by atoms with van der Waals surface area (Å²) >= 11 is 0. The van der Waals surface area contributed by atoms with Crippen molar-refractivity contribution in [2.24, 2.45) is 0 Å². The molecule has 0 bridgehead atoms. The molecule has 3 heterocycles. The highest BCUT2D eigenvalue weighted by molar-refractivity contribution is 5.97. The lowest BCUT2D eigenvalue weighted by Crippen LogP contribution is -2.39. The number of hydrogen-bond acceptors (Lipinski definition) is 5. The molecule has 0 radical (unpaired) electrons. The lowest BCUT2D eigenvalue weighted by atomic mass is 9.96. The van der Waals surface area contributed by atoms with E-state index in [1.54, 1.807) is 6.20 Å². The molecule has 2 aromatic heterocycles. The second-order valence-corrected chi connectivity index (χ2v) is 7.66. The van der Waals surface area contributed by atoms with Gasteiger partial charge in [-0.1, -0.05) is 25.7 Å². The van der Waals surface area contributed by atoms with Crippen LogP contribution in [0.25, 0.3) is 11.0 Å². The molecule has 4 rings (SSSR count). The average Bonchev–Trinajstić information content (AvgIpc) is 3.12. The van der Waals surface area contributed by atoms with E-state index in [0.717, 1.165) is 37.0 Å². The lowest BCUT2D eigenvalue weighted by Gasteiger charge is -2.26. The second kappa shape index (κ2) is 8.65. The van der Waals surface area contributed by atoms with Crippen LogP contribution in [-0.2, 0) is 6.54 Å². The Bertz CT molecular complexity index is 763.